The van der Waals surface area contributed by atoms with E-state index in [2.05, 4.69) is 11.6 Å². The highest BCUT2D eigenvalue weighted by molar-refractivity contribution is 8.00. The van der Waals surface area contributed by atoms with Crippen molar-refractivity contribution in [3.63, 3.8) is 0 Å². The highest BCUT2D eigenvalue weighted by Crippen LogP contribution is 2.40. The fraction of sp³-hybridized carbons (Fsp3) is 0.571. The van der Waals surface area contributed by atoms with Gasteiger partial charge in [0, 0.05) is 17.4 Å². The summed E-state index contributed by atoms with van der Waals surface area (Å²) in [6.45, 7) is 2.76. The largest absolute Gasteiger partial charge is 0.378 e. The maximum Gasteiger partial charge on any atom is 0.292 e. The summed E-state index contributed by atoms with van der Waals surface area (Å²) in [5.41, 5.74) is 1.85. The van der Waals surface area contributed by atoms with Gasteiger partial charge in [0.05, 0.1) is 4.92 Å². The highest BCUT2D eigenvalue weighted by Gasteiger charge is 2.33. The van der Waals surface area contributed by atoms with Crippen molar-refractivity contribution in [1.29, 1.82) is 0 Å². The third-order valence-electron chi connectivity index (χ3n) is 3.90. The minimum absolute atomic E-state index is 0.167. The van der Waals surface area contributed by atoms with Gasteiger partial charge in [-0.2, -0.15) is 11.8 Å². The van der Waals surface area contributed by atoms with Crippen LogP contribution in [0.5, 0.6) is 0 Å². The summed E-state index contributed by atoms with van der Waals surface area (Å²) in [7, 11) is 0. The number of nitro groups is 1. The molecule has 0 spiro atoms. The summed E-state index contributed by atoms with van der Waals surface area (Å²) in [5.74, 6) is 0. The quantitative estimate of drug-likeness (QED) is 0.654. The minimum Gasteiger partial charge on any atom is -0.378 e. The Labute approximate surface area is 118 Å². The number of hydrogen-bond donors (Lipinski definition) is 1. The zero-order valence-corrected chi connectivity index (χ0v) is 12.3. The second-order valence-corrected chi connectivity index (χ2v) is 6.50. The van der Waals surface area contributed by atoms with Gasteiger partial charge in [0.15, 0.2) is 0 Å². The van der Waals surface area contributed by atoms with Gasteiger partial charge < -0.3 is 5.32 Å². The van der Waals surface area contributed by atoms with E-state index in [0.29, 0.717) is 5.69 Å². The van der Waals surface area contributed by atoms with Crippen molar-refractivity contribution in [2.45, 2.75) is 37.4 Å². The Morgan fingerprint density at radius 3 is 2.68 bits per heavy atom. The predicted octanol–water partition coefficient (Wildman–Crippen LogP) is 3.99. The molecule has 0 bridgehead atoms. The fourth-order valence-corrected chi connectivity index (χ4v) is 3.59. The van der Waals surface area contributed by atoms with Gasteiger partial charge >= 0.3 is 0 Å². The minimum atomic E-state index is -0.317. The Balaban J connectivity index is 2.14. The normalized spacial score (nSPS) is 17.4. The zero-order valence-electron chi connectivity index (χ0n) is 11.4. The first-order valence-corrected chi connectivity index (χ1v) is 7.83. The molecular formula is C14H20N2O2S. The van der Waals surface area contributed by atoms with Crippen LogP contribution in [0.15, 0.2) is 18.2 Å². The first-order valence-electron chi connectivity index (χ1n) is 6.60. The Bertz CT molecular complexity index is 471. The van der Waals surface area contributed by atoms with Crippen molar-refractivity contribution < 1.29 is 4.92 Å². The number of nitro benzene ring substituents is 1. The summed E-state index contributed by atoms with van der Waals surface area (Å²) in [5, 5.41) is 14.3. The zero-order chi connectivity index (χ0) is 13.9. The fourth-order valence-electron chi connectivity index (χ4n) is 2.68. The molecule has 1 N–H and O–H groups in total. The number of rotatable bonds is 5. The van der Waals surface area contributed by atoms with Crippen LogP contribution in [0.3, 0.4) is 0 Å². The molecule has 1 aliphatic rings. The Morgan fingerprint density at radius 1 is 1.42 bits per heavy atom. The molecule has 0 heterocycles. The number of nitrogens with one attached hydrogen (secondary N) is 1. The average Bonchev–Trinajstić information content (AvgIpc) is 2.85. The van der Waals surface area contributed by atoms with Crippen LogP contribution in [0.25, 0.3) is 0 Å². The molecule has 1 aromatic carbocycles. The van der Waals surface area contributed by atoms with E-state index in [1.807, 2.05) is 24.8 Å². The summed E-state index contributed by atoms with van der Waals surface area (Å²) < 4.78 is 0.248. The molecule has 104 valence electrons. The standard InChI is InChI=1S/C14H20N2O2S/c1-11-5-6-13(16(17)18)12(9-11)15-10-14(19-2)7-3-4-8-14/h5-6,9,15H,3-4,7-8,10H2,1-2H3. The van der Waals surface area contributed by atoms with Gasteiger partial charge in [0.2, 0.25) is 0 Å². The lowest BCUT2D eigenvalue weighted by molar-refractivity contribution is -0.384. The summed E-state index contributed by atoms with van der Waals surface area (Å²) in [4.78, 5) is 10.7. The maximum atomic E-state index is 11.0. The van der Waals surface area contributed by atoms with Crippen LogP contribution >= 0.6 is 11.8 Å². The Kier molecular flexibility index (Phi) is 4.34. The number of aryl methyl sites for hydroxylation is 1. The van der Waals surface area contributed by atoms with E-state index >= 15 is 0 Å². The number of nitrogens with zero attached hydrogens (tertiary/aromatic N) is 1. The van der Waals surface area contributed by atoms with Crippen molar-refractivity contribution >= 4 is 23.1 Å². The molecule has 1 aliphatic carbocycles. The van der Waals surface area contributed by atoms with Gasteiger partial charge in [-0.3, -0.25) is 10.1 Å². The second kappa shape index (κ2) is 5.82. The summed E-state index contributed by atoms with van der Waals surface area (Å²) in [6, 6.07) is 5.22. The average molecular weight is 280 g/mol. The van der Waals surface area contributed by atoms with Crippen LogP contribution in [-0.2, 0) is 0 Å². The molecular weight excluding hydrogens is 260 g/mol. The number of thioether (sulfide) groups is 1. The van der Waals surface area contributed by atoms with E-state index in [0.717, 1.165) is 12.1 Å². The Hall–Kier alpha value is -1.23. The van der Waals surface area contributed by atoms with E-state index in [1.54, 1.807) is 12.1 Å². The number of anilines is 1. The van der Waals surface area contributed by atoms with Crippen LogP contribution in [0.4, 0.5) is 11.4 Å². The molecule has 0 aromatic heterocycles. The molecule has 19 heavy (non-hydrogen) atoms. The molecule has 1 fully saturated rings. The van der Waals surface area contributed by atoms with Gasteiger partial charge in [0.25, 0.3) is 5.69 Å². The van der Waals surface area contributed by atoms with Crippen molar-refractivity contribution in [2.24, 2.45) is 0 Å². The third-order valence-corrected chi connectivity index (χ3v) is 5.32. The lowest BCUT2D eigenvalue weighted by atomic mass is 10.1. The first-order chi connectivity index (χ1) is 9.06. The monoisotopic (exact) mass is 280 g/mol. The molecule has 0 amide bonds. The highest BCUT2D eigenvalue weighted by atomic mass is 32.2. The number of hydrogen-bond acceptors (Lipinski definition) is 4. The molecule has 0 aliphatic heterocycles. The van der Waals surface area contributed by atoms with Gasteiger partial charge in [-0.15, -0.1) is 0 Å². The van der Waals surface area contributed by atoms with Crippen molar-refractivity contribution in [2.75, 3.05) is 18.1 Å². The second-order valence-electron chi connectivity index (χ2n) is 5.23. The van der Waals surface area contributed by atoms with E-state index < -0.39 is 0 Å². The van der Waals surface area contributed by atoms with Gasteiger partial charge in [-0.05, 0) is 37.7 Å². The van der Waals surface area contributed by atoms with Gasteiger partial charge in [0.1, 0.15) is 5.69 Å². The molecule has 0 atom stereocenters. The van der Waals surface area contributed by atoms with Crippen LogP contribution in [0.1, 0.15) is 31.2 Å². The third kappa shape index (κ3) is 3.21. The van der Waals surface area contributed by atoms with Crippen molar-refractivity contribution in [3.8, 4) is 0 Å². The smallest absolute Gasteiger partial charge is 0.292 e. The molecule has 1 aromatic rings. The molecule has 5 heteroatoms. The summed E-state index contributed by atoms with van der Waals surface area (Å²) >= 11 is 1.89. The molecule has 0 saturated heterocycles. The Morgan fingerprint density at radius 2 is 2.11 bits per heavy atom. The molecule has 4 nitrogen and oxygen atoms in total. The van der Waals surface area contributed by atoms with E-state index in [9.17, 15) is 10.1 Å². The van der Waals surface area contributed by atoms with Crippen LogP contribution in [0, 0.1) is 17.0 Å². The lowest BCUT2D eigenvalue weighted by Gasteiger charge is -2.27. The van der Waals surface area contributed by atoms with E-state index in [1.165, 1.54) is 25.7 Å². The van der Waals surface area contributed by atoms with E-state index in [4.69, 9.17) is 0 Å². The molecule has 0 radical (unpaired) electrons. The van der Waals surface area contributed by atoms with Crippen molar-refractivity contribution in [3.05, 3.63) is 33.9 Å². The van der Waals surface area contributed by atoms with E-state index in [-0.39, 0.29) is 15.4 Å². The SMILES string of the molecule is CSC1(CNc2cc(C)ccc2[N+](=O)[O-])CCCC1. The predicted molar refractivity (Wildman–Crippen MR) is 81.0 cm³/mol. The maximum absolute atomic E-state index is 11.0. The van der Waals surface area contributed by atoms with Gasteiger partial charge in [-0.1, -0.05) is 18.9 Å². The van der Waals surface area contributed by atoms with Gasteiger partial charge in [-0.25, -0.2) is 0 Å². The molecule has 1 saturated carbocycles. The lowest BCUT2D eigenvalue weighted by Crippen LogP contribution is -2.30. The van der Waals surface area contributed by atoms with Crippen LogP contribution < -0.4 is 5.32 Å². The number of benzene rings is 1. The van der Waals surface area contributed by atoms with Crippen LogP contribution in [0.2, 0.25) is 0 Å². The summed E-state index contributed by atoms with van der Waals surface area (Å²) in [6.07, 6.45) is 7.05. The molecule has 2 rings (SSSR count). The van der Waals surface area contributed by atoms with Crippen LogP contribution in [-0.4, -0.2) is 22.5 Å². The first kappa shape index (κ1) is 14.2. The molecule has 0 unspecified atom stereocenters. The topological polar surface area (TPSA) is 55.2 Å². The van der Waals surface area contributed by atoms with Crippen molar-refractivity contribution in [1.82, 2.24) is 0 Å².